The number of rotatable bonds is 6. The highest BCUT2D eigenvalue weighted by molar-refractivity contribution is 6.33. The Morgan fingerprint density at radius 3 is 2.35 bits per heavy atom. The molecule has 2 aromatic heterocycles. The molecule has 0 atom stereocenters. The van der Waals surface area contributed by atoms with E-state index >= 15 is 0 Å². The van der Waals surface area contributed by atoms with Crippen molar-refractivity contribution < 1.29 is 22.8 Å². The van der Waals surface area contributed by atoms with Crippen LogP contribution >= 0.6 is 11.6 Å². The van der Waals surface area contributed by atoms with Crippen LogP contribution in [-0.2, 0) is 6.18 Å². The molecule has 0 saturated heterocycles. The Bertz CT molecular complexity index is 1140. The summed E-state index contributed by atoms with van der Waals surface area (Å²) < 4.78 is 43.6. The largest absolute Gasteiger partial charge is 0.495 e. The minimum atomic E-state index is -4.64. The van der Waals surface area contributed by atoms with Crippen molar-refractivity contribution in [2.45, 2.75) is 13.1 Å². The molecular weight excluding hydrogens is 441 g/mol. The molecule has 31 heavy (non-hydrogen) atoms. The number of nitrogens with one attached hydrogen (secondary N) is 2. The number of aryl methyl sites for hydroxylation is 1. The van der Waals surface area contributed by atoms with Gasteiger partial charge in [-0.1, -0.05) is 17.7 Å². The number of hydrogen-bond acceptors (Lipinski definition) is 8. The van der Waals surface area contributed by atoms with Crippen molar-refractivity contribution >= 4 is 40.4 Å². The highest BCUT2D eigenvalue weighted by Gasteiger charge is 2.32. The zero-order valence-corrected chi connectivity index (χ0v) is 16.7. The Hall–Kier alpha value is -3.67. The molecule has 0 bridgehead atoms. The van der Waals surface area contributed by atoms with Crippen LogP contribution in [0.1, 0.15) is 11.1 Å². The lowest BCUT2D eigenvalue weighted by atomic mass is 10.2. The quantitative estimate of drug-likeness (QED) is 0.383. The van der Waals surface area contributed by atoms with E-state index in [0.717, 1.165) is 11.9 Å². The number of alkyl halides is 3. The summed E-state index contributed by atoms with van der Waals surface area (Å²) in [4.78, 5) is 22.3. The van der Waals surface area contributed by atoms with E-state index in [-0.39, 0.29) is 17.5 Å². The standard InChI is InChI=1S/C18H14ClF3N6O3/c1-9-3-4-13(31-2)12(5-9)26-16-14(28(29)30)17(25-8-24-16)27-15-11(19)6-10(7-23-15)18(20,21)22/h3-8H,1-2H3,(H2,23,24,25,26,27). The van der Waals surface area contributed by atoms with Gasteiger partial charge in [0.25, 0.3) is 0 Å². The predicted octanol–water partition coefficient (Wildman–Crippen LogP) is 5.26. The van der Waals surface area contributed by atoms with Gasteiger partial charge in [0.05, 0.1) is 28.3 Å². The third-order valence-corrected chi connectivity index (χ3v) is 4.31. The fourth-order valence-corrected chi connectivity index (χ4v) is 2.79. The Balaban J connectivity index is 2.00. The Morgan fingerprint density at radius 2 is 1.77 bits per heavy atom. The maximum atomic E-state index is 12.8. The summed E-state index contributed by atoms with van der Waals surface area (Å²) in [6.07, 6.45) is -3.05. The first kappa shape index (κ1) is 22.0. The van der Waals surface area contributed by atoms with Crippen molar-refractivity contribution in [3.8, 4) is 5.75 Å². The molecule has 2 heterocycles. The van der Waals surface area contributed by atoms with E-state index in [9.17, 15) is 23.3 Å². The van der Waals surface area contributed by atoms with Gasteiger partial charge in [0, 0.05) is 6.20 Å². The van der Waals surface area contributed by atoms with Crippen molar-refractivity contribution in [2.75, 3.05) is 17.7 Å². The molecule has 3 aromatic rings. The molecule has 13 heteroatoms. The third-order valence-electron chi connectivity index (χ3n) is 4.02. The van der Waals surface area contributed by atoms with Gasteiger partial charge in [0.1, 0.15) is 12.1 Å². The lowest BCUT2D eigenvalue weighted by Crippen LogP contribution is -2.09. The zero-order chi connectivity index (χ0) is 22.8. The minimum Gasteiger partial charge on any atom is -0.495 e. The van der Waals surface area contributed by atoms with Crippen molar-refractivity contribution in [1.82, 2.24) is 15.0 Å². The number of nitro groups is 1. The second kappa shape index (κ2) is 8.60. The number of aromatic nitrogens is 3. The van der Waals surface area contributed by atoms with E-state index in [2.05, 4.69) is 25.6 Å². The van der Waals surface area contributed by atoms with Gasteiger partial charge in [-0.2, -0.15) is 13.2 Å². The smallest absolute Gasteiger partial charge is 0.417 e. The SMILES string of the molecule is COc1ccc(C)cc1Nc1ncnc(Nc2ncc(C(F)(F)F)cc2Cl)c1[N+](=O)[O-]. The average molecular weight is 455 g/mol. The van der Waals surface area contributed by atoms with E-state index in [1.54, 1.807) is 18.2 Å². The van der Waals surface area contributed by atoms with Crippen molar-refractivity contribution in [3.63, 3.8) is 0 Å². The molecule has 162 valence electrons. The first-order chi connectivity index (χ1) is 14.6. The number of anilines is 4. The topological polar surface area (TPSA) is 115 Å². The lowest BCUT2D eigenvalue weighted by molar-refractivity contribution is -0.383. The van der Waals surface area contributed by atoms with Crippen LogP contribution in [-0.4, -0.2) is 27.0 Å². The van der Waals surface area contributed by atoms with Crippen LogP contribution in [0.3, 0.4) is 0 Å². The van der Waals surface area contributed by atoms with Crippen LogP contribution in [0.5, 0.6) is 5.75 Å². The highest BCUT2D eigenvalue weighted by Crippen LogP contribution is 2.37. The molecule has 0 aliphatic heterocycles. The van der Waals surface area contributed by atoms with Crippen LogP contribution in [0.4, 0.5) is 42.0 Å². The molecule has 0 radical (unpaired) electrons. The minimum absolute atomic E-state index is 0.172. The molecule has 3 rings (SSSR count). The molecular formula is C18H14ClF3N6O3. The van der Waals surface area contributed by atoms with E-state index in [4.69, 9.17) is 16.3 Å². The first-order valence-electron chi connectivity index (χ1n) is 8.51. The van der Waals surface area contributed by atoms with Gasteiger partial charge in [0.2, 0.25) is 11.6 Å². The van der Waals surface area contributed by atoms with Gasteiger partial charge < -0.3 is 15.4 Å². The maximum absolute atomic E-state index is 12.8. The van der Waals surface area contributed by atoms with Crippen LogP contribution in [0.15, 0.2) is 36.8 Å². The number of halogens is 4. The lowest BCUT2D eigenvalue weighted by Gasteiger charge is -2.13. The van der Waals surface area contributed by atoms with E-state index in [0.29, 0.717) is 23.7 Å². The van der Waals surface area contributed by atoms with E-state index < -0.39 is 27.4 Å². The third kappa shape index (κ3) is 4.91. The zero-order valence-electron chi connectivity index (χ0n) is 16.0. The van der Waals surface area contributed by atoms with Gasteiger partial charge >= 0.3 is 11.9 Å². The first-order valence-corrected chi connectivity index (χ1v) is 8.88. The number of hydrogen-bond donors (Lipinski definition) is 2. The number of benzene rings is 1. The Labute approximate surface area is 178 Å². The van der Waals surface area contributed by atoms with Crippen molar-refractivity contribution in [3.05, 3.63) is 63.1 Å². The van der Waals surface area contributed by atoms with Crippen LogP contribution in [0.25, 0.3) is 0 Å². The summed E-state index contributed by atoms with van der Waals surface area (Å²) >= 11 is 5.87. The number of pyridine rings is 1. The molecule has 0 unspecified atom stereocenters. The molecule has 0 saturated carbocycles. The summed E-state index contributed by atoms with van der Waals surface area (Å²) in [7, 11) is 1.44. The average Bonchev–Trinajstić information content (AvgIpc) is 2.69. The summed E-state index contributed by atoms with van der Waals surface area (Å²) in [5, 5.41) is 16.7. The number of methoxy groups -OCH3 is 1. The van der Waals surface area contributed by atoms with Crippen molar-refractivity contribution in [1.29, 1.82) is 0 Å². The summed E-state index contributed by atoms with van der Waals surface area (Å²) in [5.74, 6) is -0.311. The fourth-order valence-electron chi connectivity index (χ4n) is 2.58. The van der Waals surface area contributed by atoms with Gasteiger partial charge in [-0.05, 0) is 30.7 Å². The Kier molecular flexibility index (Phi) is 6.11. The molecule has 2 N–H and O–H groups in total. The van der Waals surface area contributed by atoms with Gasteiger partial charge in [-0.3, -0.25) is 10.1 Å². The molecule has 1 aromatic carbocycles. The predicted molar refractivity (Wildman–Crippen MR) is 107 cm³/mol. The molecule has 0 amide bonds. The molecule has 0 aliphatic rings. The molecule has 0 fully saturated rings. The molecule has 9 nitrogen and oxygen atoms in total. The van der Waals surface area contributed by atoms with Gasteiger partial charge in [0.15, 0.2) is 5.82 Å². The van der Waals surface area contributed by atoms with Crippen LogP contribution < -0.4 is 15.4 Å². The van der Waals surface area contributed by atoms with E-state index in [1.807, 2.05) is 6.92 Å². The van der Waals surface area contributed by atoms with Crippen molar-refractivity contribution in [2.24, 2.45) is 0 Å². The Morgan fingerprint density at radius 1 is 1.10 bits per heavy atom. The second-order valence-corrected chi connectivity index (χ2v) is 6.59. The van der Waals surface area contributed by atoms with Crippen LogP contribution in [0, 0.1) is 17.0 Å². The summed E-state index contributed by atoms with van der Waals surface area (Å²) in [6.45, 7) is 1.82. The monoisotopic (exact) mass is 454 g/mol. The second-order valence-electron chi connectivity index (χ2n) is 6.18. The number of nitrogens with zero attached hydrogens (tertiary/aromatic N) is 4. The van der Waals surface area contributed by atoms with Crippen LogP contribution in [0.2, 0.25) is 5.02 Å². The van der Waals surface area contributed by atoms with E-state index in [1.165, 1.54) is 7.11 Å². The summed E-state index contributed by atoms with van der Waals surface area (Å²) in [6, 6.07) is 5.83. The fraction of sp³-hybridized carbons (Fsp3) is 0.167. The highest BCUT2D eigenvalue weighted by atomic mass is 35.5. The maximum Gasteiger partial charge on any atom is 0.417 e. The van der Waals surface area contributed by atoms with Gasteiger partial charge in [-0.25, -0.2) is 15.0 Å². The number of ether oxygens (including phenoxy) is 1. The summed E-state index contributed by atoms with van der Waals surface area (Å²) in [5.41, 5.74) is -0.349. The normalized spacial score (nSPS) is 11.2. The molecule has 0 spiro atoms. The molecule has 0 aliphatic carbocycles. The van der Waals surface area contributed by atoms with Gasteiger partial charge in [-0.15, -0.1) is 0 Å².